The molecule has 1 saturated carbocycles. The van der Waals surface area contributed by atoms with Crippen LogP contribution in [0.2, 0.25) is 5.15 Å². The highest BCUT2D eigenvalue weighted by molar-refractivity contribution is 6.34. The van der Waals surface area contributed by atoms with Crippen molar-refractivity contribution in [2.75, 3.05) is 13.1 Å². The van der Waals surface area contributed by atoms with Crippen molar-refractivity contribution >= 4 is 28.3 Å². The number of carbonyl (C=O) groups is 1. The molecule has 0 aliphatic heterocycles. The predicted octanol–water partition coefficient (Wildman–Crippen LogP) is 3.37. The van der Waals surface area contributed by atoms with Crippen molar-refractivity contribution in [3.8, 4) is 12.3 Å². The Kier molecular flexibility index (Phi) is 3.81. The van der Waals surface area contributed by atoms with Crippen LogP contribution < -0.4 is 0 Å². The summed E-state index contributed by atoms with van der Waals surface area (Å²) >= 11 is 6.18. The molecule has 4 heteroatoms. The molecule has 0 bridgehead atoms. The fourth-order valence-electron chi connectivity index (χ4n) is 2.37. The van der Waals surface area contributed by atoms with E-state index in [4.69, 9.17) is 18.0 Å². The zero-order valence-corrected chi connectivity index (χ0v) is 12.3. The van der Waals surface area contributed by atoms with Gasteiger partial charge in [-0.1, -0.05) is 41.8 Å². The van der Waals surface area contributed by atoms with Crippen LogP contribution in [0.15, 0.2) is 30.3 Å². The second kappa shape index (κ2) is 5.75. The minimum atomic E-state index is -0.146. The number of pyridine rings is 1. The molecule has 21 heavy (non-hydrogen) atoms. The van der Waals surface area contributed by atoms with Crippen LogP contribution in [0.4, 0.5) is 0 Å². The van der Waals surface area contributed by atoms with E-state index in [1.165, 1.54) is 12.8 Å². The Hall–Kier alpha value is -2.05. The van der Waals surface area contributed by atoms with Gasteiger partial charge < -0.3 is 4.90 Å². The third-order valence-electron chi connectivity index (χ3n) is 3.66. The van der Waals surface area contributed by atoms with E-state index < -0.39 is 0 Å². The number of benzene rings is 1. The second-order valence-electron chi connectivity index (χ2n) is 5.35. The number of halogens is 1. The first-order chi connectivity index (χ1) is 10.2. The summed E-state index contributed by atoms with van der Waals surface area (Å²) in [6.45, 7) is 1.01. The van der Waals surface area contributed by atoms with Crippen LogP contribution in [0.25, 0.3) is 10.8 Å². The normalized spacial score (nSPS) is 13.9. The monoisotopic (exact) mass is 298 g/mol. The lowest BCUT2D eigenvalue weighted by Gasteiger charge is -2.19. The van der Waals surface area contributed by atoms with E-state index in [-0.39, 0.29) is 5.91 Å². The number of fused-ring (bicyclic) bond motifs is 1. The first-order valence-corrected chi connectivity index (χ1v) is 7.35. The molecule has 1 aliphatic carbocycles. The molecule has 0 N–H and O–H groups in total. The van der Waals surface area contributed by atoms with Crippen LogP contribution in [0.3, 0.4) is 0 Å². The first kappa shape index (κ1) is 13.9. The summed E-state index contributed by atoms with van der Waals surface area (Å²) in [5.74, 6) is 2.98. The number of rotatable bonds is 4. The Morgan fingerprint density at radius 3 is 2.90 bits per heavy atom. The molecule has 3 rings (SSSR count). The molecule has 0 spiro atoms. The van der Waals surface area contributed by atoms with E-state index in [0.717, 1.165) is 10.8 Å². The molecule has 106 valence electrons. The van der Waals surface area contributed by atoms with Crippen LogP contribution in [-0.2, 0) is 0 Å². The highest BCUT2D eigenvalue weighted by Gasteiger charge is 2.27. The number of hydrogen-bond acceptors (Lipinski definition) is 2. The summed E-state index contributed by atoms with van der Waals surface area (Å²) in [5.41, 5.74) is 0.356. The van der Waals surface area contributed by atoms with Crippen LogP contribution in [0.1, 0.15) is 23.3 Å². The Labute approximate surface area is 128 Å². The van der Waals surface area contributed by atoms with Gasteiger partial charge >= 0.3 is 0 Å². The van der Waals surface area contributed by atoms with Gasteiger partial charge in [-0.25, -0.2) is 4.98 Å². The van der Waals surface area contributed by atoms with Gasteiger partial charge in [-0.3, -0.25) is 4.79 Å². The van der Waals surface area contributed by atoms with Gasteiger partial charge in [0, 0.05) is 11.9 Å². The quantitative estimate of drug-likeness (QED) is 0.640. The van der Waals surface area contributed by atoms with Gasteiger partial charge in [-0.05, 0) is 30.2 Å². The average Bonchev–Trinajstić information content (AvgIpc) is 3.30. The van der Waals surface area contributed by atoms with Gasteiger partial charge in [0.25, 0.3) is 5.91 Å². The molecule has 1 aliphatic rings. The van der Waals surface area contributed by atoms with Crippen LogP contribution in [-0.4, -0.2) is 28.9 Å². The SMILES string of the molecule is C#CCN(CC1CC1)C(=O)c1cc2ccccc2c(Cl)n1. The smallest absolute Gasteiger partial charge is 0.273 e. The second-order valence-corrected chi connectivity index (χ2v) is 5.71. The summed E-state index contributed by atoms with van der Waals surface area (Å²) < 4.78 is 0. The molecular weight excluding hydrogens is 284 g/mol. The Morgan fingerprint density at radius 2 is 2.19 bits per heavy atom. The molecule has 1 aromatic carbocycles. The van der Waals surface area contributed by atoms with E-state index in [0.29, 0.717) is 29.9 Å². The third kappa shape index (κ3) is 3.01. The van der Waals surface area contributed by atoms with Crippen molar-refractivity contribution in [3.05, 3.63) is 41.2 Å². The lowest BCUT2D eigenvalue weighted by Crippen LogP contribution is -2.33. The summed E-state index contributed by atoms with van der Waals surface area (Å²) in [6.07, 6.45) is 7.71. The Bertz CT molecular complexity index is 731. The van der Waals surface area contributed by atoms with Gasteiger partial charge in [0.1, 0.15) is 10.8 Å². The van der Waals surface area contributed by atoms with E-state index >= 15 is 0 Å². The number of aromatic nitrogens is 1. The predicted molar refractivity (Wildman–Crippen MR) is 84.2 cm³/mol. The molecule has 1 fully saturated rings. The van der Waals surface area contributed by atoms with E-state index in [2.05, 4.69) is 10.9 Å². The summed E-state index contributed by atoms with van der Waals surface area (Å²) in [6, 6.07) is 9.40. The van der Waals surface area contributed by atoms with Gasteiger partial charge in [-0.15, -0.1) is 6.42 Å². The third-order valence-corrected chi connectivity index (χ3v) is 3.95. The van der Waals surface area contributed by atoms with Crippen molar-refractivity contribution < 1.29 is 4.79 Å². The van der Waals surface area contributed by atoms with Gasteiger partial charge in [0.05, 0.1) is 6.54 Å². The zero-order valence-electron chi connectivity index (χ0n) is 11.6. The fraction of sp³-hybridized carbons (Fsp3) is 0.294. The minimum Gasteiger partial charge on any atom is -0.326 e. The Balaban J connectivity index is 1.94. The van der Waals surface area contributed by atoms with Gasteiger partial charge in [-0.2, -0.15) is 0 Å². The largest absolute Gasteiger partial charge is 0.326 e. The van der Waals surface area contributed by atoms with Gasteiger partial charge in [0.2, 0.25) is 0 Å². The summed E-state index contributed by atoms with van der Waals surface area (Å²) in [7, 11) is 0. The van der Waals surface area contributed by atoms with Crippen molar-refractivity contribution in [2.24, 2.45) is 5.92 Å². The maximum atomic E-state index is 12.6. The van der Waals surface area contributed by atoms with Crippen LogP contribution in [0.5, 0.6) is 0 Å². The molecule has 0 radical (unpaired) electrons. The van der Waals surface area contributed by atoms with Crippen LogP contribution in [0, 0.1) is 18.3 Å². The van der Waals surface area contributed by atoms with Crippen molar-refractivity contribution in [2.45, 2.75) is 12.8 Å². The number of nitrogens with zero attached hydrogens (tertiary/aromatic N) is 2. The van der Waals surface area contributed by atoms with Crippen molar-refractivity contribution in [1.82, 2.24) is 9.88 Å². The maximum absolute atomic E-state index is 12.6. The first-order valence-electron chi connectivity index (χ1n) is 6.97. The standard InChI is InChI=1S/C17H15ClN2O/c1-2-9-20(11-12-7-8-12)17(21)15-10-13-5-3-4-6-14(13)16(18)19-15/h1,3-6,10,12H,7-9,11H2. The summed E-state index contributed by atoms with van der Waals surface area (Å²) in [4.78, 5) is 18.5. The van der Waals surface area contributed by atoms with Gasteiger partial charge in [0.15, 0.2) is 0 Å². The minimum absolute atomic E-state index is 0.146. The molecule has 0 saturated heterocycles. The molecule has 0 unspecified atom stereocenters. The van der Waals surface area contributed by atoms with Crippen molar-refractivity contribution in [1.29, 1.82) is 0 Å². The summed E-state index contributed by atoms with van der Waals surface area (Å²) in [5, 5.41) is 2.11. The topological polar surface area (TPSA) is 33.2 Å². The molecule has 0 atom stereocenters. The maximum Gasteiger partial charge on any atom is 0.273 e. The highest BCUT2D eigenvalue weighted by atomic mass is 35.5. The number of terminal acetylenes is 1. The fourth-order valence-corrected chi connectivity index (χ4v) is 2.63. The molecule has 2 aromatic rings. The van der Waals surface area contributed by atoms with Crippen LogP contribution >= 0.6 is 11.6 Å². The van der Waals surface area contributed by atoms with E-state index in [1.54, 1.807) is 11.0 Å². The molecular formula is C17H15ClN2O. The van der Waals surface area contributed by atoms with E-state index in [1.807, 2.05) is 24.3 Å². The molecule has 3 nitrogen and oxygen atoms in total. The molecule has 1 aromatic heterocycles. The van der Waals surface area contributed by atoms with E-state index in [9.17, 15) is 4.79 Å². The molecule has 1 heterocycles. The lowest BCUT2D eigenvalue weighted by molar-refractivity contribution is 0.0764. The lowest BCUT2D eigenvalue weighted by atomic mass is 10.1. The Morgan fingerprint density at radius 1 is 1.43 bits per heavy atom. The molecule has 1 amide bonds. The average molecular weight is 299 g/mol. The number of hydrogen-bond donors (Lipinski definition) is 0. The highest BCUT2D eigenvalue weighted by Crippen LogP contribution is 2.30. The zero-order chi connectivity index (χ0) is 14.8. The van der Waals surface area contributed by atoms with Crippen molar-refractivity contribution in [3.63, 3.8) is 0 Å². The number of amides is 1. The number of carbonyl (C=O) groups excluding carboxylic acids is 1.